The molecule has 0 unspecified atom stereocenters. The summed E-state index contributed by atoms with van der Waals surface area (Å²) in [6.07, 6.45) is -0.280. The molecule has 0 bridgehead atoms. The number of aliphatic hydroxyl groups is 1. The number of carbonyl (C=O) groups excluding carboxylic acids is 2. The Morgan fingerprint density at radius 3 is 2.42 bits per heavy atom. The third-order valence-electron chi connectivity index (χ3n) is 4.05. The number of carbonyl (C=O) groups is 2. The number of amides is 2. The van der Waals surface area contributed by atoms with Gasteiger partial charge in [0.15, 0.2) is 0 Å². The van der Waals surface area contributed by atoms with Crippen molar-refractivity contribution < 1.29 is 24.2 Å². The van der Waals surface area contributed by atoms with Crippen LogP contribution < -0.4 is 10.6 Å². The maximum Gasteiger partial charge on any atom is 0.407 e. The Balaban J connectivity index is 1.72. The minimum absolute atomic E-state index is 0.179. The summed E-state index contributed by atoms with van der Waals surface area (Å²) < 4.78 is 10.4. The standard InChI is InChI=1S/C19H28N2O5/c1-19(2,3)26-18(24)20-14-9-10-15(16(22)11-14)21-17(23)25-12-13-7-5-4-6-8-13/h4-8,14-16,22H,9-12H2,1-3H3,(H,20,24)(H,21,23)/t14-,15-,16+/m0/s1. The summed E-state index contributed by atoms with van der Waals surface area (Å²) in [5.41, 5.74) is 0.331. The molecule has 1 aromatic carbocycles. The van der Waals surface area contributed by atoms with Crippen LogP contribution >= 0.6 is 0 Å². The highest BCUT2D eigenvalue weighted by atomic mass is 16.6. The third-order valence-corrected chi connectivity index (χ3v) is 4.05. The van der Waals surface area contributed by atoms with Crippen molar-refractivity contribution in [2.75, 3.05) is 0 Å². The molecule has 3 N–H and O–H groups in total. The Kier molecular flexibility index (Phi) is 6.85. The number of hydrogen-bond acceptors (Lipinski definition) is 5. The van der Waals surface area contributed by atoms with E-state index >= 15 is 0 Å². The predicted octanol–water partition coefficient (Wildman–Crippen LogP) is 2.72. The van der Waals surface area contributed by atoms with E-state index in [1.54, 1.807) is 20.8 Å². The summed E-state index contributed by atoms with van der Waals surface area (Å²) in [5, 5.41) is 15.7. The zero-order chi connectivity index (χ0) is 19.2. The van der Waals surface area contributed by atoms with Crippen molar-refractivity contribution in [1.29, 1.82) is 0 Å². The molecule has 26 heavy (non-hydrogen) atoms. The summed E-state index contributed by atoms with van der Waals surface area (Å²) in [5.74, 6) is 0. The second-order valence-corrected chi connectivity index (χ2v) is 7.54. The van der Waals surface area contributed by atoms with Gasteiger partial charge in [-0.3, -0.25) is 0 Å². The van der Waals surface area contributed by atoms with Gasteiger partial charge in [-0.2, -0.15) is 0 Å². The zero-order valence-electron chi connectivity index (χ0n) is 15.5. The van der Waals surface area contributed by atoms with E-state index in [1.165, 1.54) is 0 Å². The second-order valence-electron chi connectivity index (χ2n) is 7.54. The molecule has 2 rings (SSSR count). The molecular formula is C19H28N2O5. The predicted molar refractivity (Wildman–Crippen MR) is 96.6 cm³/mol. The lowest BCUT2D eigenvalue weighted by Crippen LogP contribution is -2.52. The number of rotatable bonds is 4. The van der Waals surface area contributed by atoms with Crippen LogP contribution in [0.15, 0.2) is 30.3 Å². The van der Waals surface area contributed by atoms with Crippen molar-refractivity contribution in [2.45, 2.75) is 70.4 Å². The van der Waals surface area contributed by atoms with Gasteiger partial charge in [-0.05, 0) is 45.6 Å². The number of alkyl carbamates (subject to hydrolysis) is 2. The summed E-state index contributed by atoms with van der Waals surface area (Å²) in [4.78, 5) is 23.7. The van der Waals surface area contributed by atoms with Gasteiger partial charge in [0.2, 0.25) is 0 Å². The molecule has 1 aliphatic carbocycles. The summed E-state index contributed by atoms with van der Waals surface area (Å²) in [7, 11) is 0. The average molecular weight is 364 g/mol. The third kappa shape index (κ3) is 6.92. The first-order valence-electron chi connectivity index (χ1n) is 8.88. The second kappa shape index (κ2) is 8.89. The van der Waals surface area contributed by atoms with E-state index < -0.39 is 29.9 Å². The van der Waals surface area contributed by atoms with Crippen molar-refractivity contribution in [3.63, 3.8) is 0 Å². The largest absolute Gasteiger partial charge is 0.445 e. The monoisotopic (exact) mass is 364 g/mol. The Labute approximate surface area is 154 Å². The maximum absolute atomic E-state index is 11.9. The number of nitrogens with one attached hydrogen (secondary N) is 2. The van der Waals surface area contributed by atoms with Crippen molar-refractivity contribution in [2.24, 2.45) is 0 Å². The molecule has 0 aliphatic heterocycles. The van der Waals surface area contributed by atoms with Crippen LogP contribution in [0.1, 0.15) is 45.6 Å². The Morgan fingerprint density at radius 1 is 1.12 bits per heavy atom. The molecule has 2 amide bonds. The number of benzene rings is 1. The molecule has 1 aliphatic rings. The van der Waals surface area contributed by atoms with E-state index in [2.05, 4.69) is 10.6 Å². The highest BCUT2D eigenvalue weighted by molar-refractivity contribution is 5.68. The first-order valence-corrected chi connectivity index (χ1v) is 8.88. The van der Waals surface area contributed by atoms with Gasteiger partial charge >= 0.3 is 12.2 Å². The van der Waals surface area contributed by atoms with Crippen molar-refractivity contribution in [3.05, 3.63) is 35.9 Å². The molecule has 144 valence electrons. The SMILES string of the molecule is CC(C)(C)OC(=O)N[C@H]1CC[C@H](NC(=O)OCc2ccccc2)[C@H](O)C1. The molecule has 1 saturated carbocycles. The lowest BCUT2D eigenvalue weighted by Gasteiger charge is -2.34. The van der Waals surface area contributed by atoms with E-state index in [9.17, 15) is 14.7 Å². The minimum Gasteiger partial charge on any atom is -0.445 e. The number of aliphatic hydroxyl groups excluding tert-OH is 1. The molecule has 0 saturated heterocycles. The van der Waals surface area contributed by atoms with E-state index in [0.717, 1.165) is 5.56 Å². The summed E-state index contributed by atoms with van der Waals surface area (Å²) >= 11 is 0. The smallest absolute Gasteiger partial charge is 0.407 e. The van der Waals surface area contributed by atoms with Crippen LogP contribution in [0, 0.1) is 0 Å². The van der Waals surface area contributed by atoms with Crippen LogP contribution in [-0.2, 0) is 16.1 Å². The molecule has 0 heterocycles. The fourth-order valence-electron chi connectivity index (χ4n) is 2.84. The maximum atomic E-state index is 11.9. The lowest BCUT2D eigenvalue weighted by molar-refractivity contribution is 0.0390. The molecule has 3 atom stereocenters. The van der Waals surface area contributed by atoms with Gasteiger partial charge in [-0.25, -0.2) is 9.59 Å². The van der Waals surface area contributed by atoms with Gasteiger partial charge in [0, 0.05) is 6.04 Å². The van der Waals surface area contributed by atoms with Crippen LogP contribution in [0.5, 0.6) is 0 Å². The topological polar surface area (TPSA) is 96.9 Å². The minimum atomic E-state index is -0.757. The fraction of sp³-hybridized carbons (Fsp3) is 0.579. The van der Waals surface area contributed by atoms with E-state index in [4.69, 9.17) is 9.47 Å². The molecule has 0 spiro atoms. The molecule has 1 fully saturated rings. The van der Waals surface area contributed by atoms with Crippen LogP contribution in [0.4, 0.5) is 9.59 Å². The van der Waals surface area contributed by atoms with Crippen molar-refractivity contribution >= 4 is 12.2 Å². The van der Waals surface area contributed by atoms with E-state index in [-0.39, 0.29) is 12.6 Å². The molecule has 1 aromatic rings. The first-order chi connectivity index (χ1) is 12.2. The van der Waals surface area contributed by atoms with Crippen LogP contribution in [0.2, 0.25) is 0 Å². The van der Waals surface area contributed by atoms with Gasteiger partial charge in [0.25, 0.3) is 0 Å². The number of ether oxygens (including phenoxy) is 2. The fourth-order valence-corrected chi connectivity index (χ4v) is 2.84. The molecule has 7 heteroatoms. The van der Waals surface area contributed by atoms with Gasteiger partial charge < -0.3 is 25.2 Å². The highest BCUT2D eigenvalue weighted by Crippen LogP contribution is 2.20. The van der Waals surface area contributed by atoms with Crippen LogP contribution in [-0.4, -0.2) is 41.1 Å². The normalized spacial score (nSPS) is 23.0. The Hall–Kier alpha value is -2.28. The van der Waals surface area contributed by atoms with Gasteiger partial charge in [0.05, 0.1) is 12.1 Å². The molecule has 7 nitrogen and oxygen atoms in total. The van der Waals surface area contributed by atoms with Gasteiger partial charge in [0.1, 0.15) is 12.2 Å². The highest BCUT2D eigenvalue weighted by Gasteiger charge is 2.32. The van der Waals surface area contributed by atoms with E-state index in [1.807, 2.05) is 30.3 Å². The van der Waals surface area contributed by atoms with Gasteiger partial charge in [-0.1, -0.05) is 30.3 Å². The Morgan fingerprint density at radius 2 is 1.81 bits per heavy atom. The first kappa shape index (κ1) is 20.0. The Bertz CT molecular complexity index is 600. The van der Waals surface area contributed by atoms with Crippen LogP contribution in [0.3, 0.4) is 0 Å². The summed E-state index contributed by atoms with van der Waals surface area (Å²) in [6.45, 7) is 5.56. The summed E-state index contributed by atoms with van der Waals surface area (Å²) in [6, 6.07) is 8.81. The van der Waals surface area contributed by atoms with E-state index in [0.29, 0.717) is 19.3 Å². The zero-order valence-corrected chi connectivity index (χ0v) is 15.5. The molecular weight excluding hydrogens is 336 g/mol. The van der Waals surface area contributed by atoms with Crippen molar-refractivity contribution in [1.82, 2.24) is 10.6 Å². The quantitative estimate of drug-likeness (QED) is 0.763. The molecule has 0 aromatic heterocycles. The average Bonchev–Trinajstić information content (AvgIpc) is 2.55. The molecule has 0 radical (unpaired) electrons. The number of hydrogen-bond donors (Lipinski definition) is 3. The van der Waals surface area contributed by atoms with Crippen molar-refractivity contribution in [3.8, 4) is 0 Å². The van der Waals surface area contributed by atoms with Crippen LogP contribution in [0.25, 0.3) is 0 Å². The lowest BCUT2D eigenvalue weighted by atomic mass is 9.89. The van der Waals surface area contributed by atoms with Gasteiger partial charge in [-0.15, -0.1) is 0 Å².